The zero-order valence-electron chi connectivity index (χ0n) is 25.2. The number of nitrogen functional groups attached to an aromatic ring is 1. The highest BCUT2D eigenvalue weighted by atomic mass is 32.1. The summed E-state index contributed by atoms with van der Waals surface area (Å²) in [5.74, 6) is 1.61. The fourth-order valence-electron chi connectivity index (χ4n) is 8.32. The van der Waals surface area contributed by atoms with E-state index in [0.717, 1.165) is 99.5 Å². The van der Waals surface area contributed by atoms with E-state index in [1.165, 1.54) is 24.1 Å². The SMILES string of the molecule is CN1CCC[C@H]1COc1nc(-c2onc3c2CCC[C@@]32CCCc3sc(N)c(C#N)c32)cc(N2CCN(C)C3(CC3)C2)n1. The standard InChI is InChI=1S/C32H40N8O2S/c1-38-13-5-6-20(38)18-41-30-35-23(16-25(36-30)40-15-14-39(2)31(19-40)11-12-31)27-21-7-3-9-32(28(21)37-42-27)10-4-8-24-26(32)22(17-33)29(34)43-24/h16,20H,3-15,18-19,34H2,1-2H3/t20-,32-/m0/s1. The molecule has 226 valence electrons. The first kappa shape index (κ1) is 27.4. The fourth-order valence-corrected chi connectivity index (χ4v) is 9.48. The Morgan fingerprint density at radius 3 is 2.72 bits per heavy atom. The minimum absolute atomic E-state index is 0.258. The summed E-state index contributed by atoms with van der Waals surface area (Å²) < 4.78 is 12.6. The molecule has 3 aliphatic carbocycles. The number of nitrogens with two attached hydrogens (primary N) is 1. The van der Waals surface area contributed by atoms with Crippen molar-refractivity contribution in [1.29, 1.82) is 5.26 Å². The van der Waals surface area contributed by atoms with Gasteiger partial charge >= 0.3 is 6.01 Å². The third-order valence-electron chi connectivity index (χ3n) is 11.0. The first-order valence-corrected chi connectivity index (χ1v) is 16.7. The maximum absolute atomic E-state index is 10.1. The van der Waals surface area contributed by atoms with Gasteiger partial charge in [-0.15, -0.1) is 11.3 Å². The second-order valence-electron chi connectivity index (χ2n) is 13.4. The van der Waals surface area contributed by atoms with Gasteiger partial charge in [0.15, 0.2) is 5.76 Å². The summed E-state index contributed by atoms with van der Waals surface area (Å²) in [5, 5.41) is 15.5. The summed E-state index contributed by atoms with van der Waals surface area (Å²) in [5.41, 5.74) is 10.8. The normalized spacial score (nSPS) is 26.4. The van der Waals surface area contributed by atoms with E-state index in [0.29, 0.717) is 35.0 Å². The second-order valence-corrected chi connectivity index (χ2v) is 14.6. The van der Waals surface area contributed by atoms with Crippen LogP contribution in [0.4, 0.5) is 10.8 Å². The number of thiophene rings is 1. The Hall–Kier alpha value is -3.20. The molecule has 3 aromatic rings. The molecule has 8 rings (SSSR count). The monoisotopic (exact) mass is 600 g/mol. The number of likely N-dealkylation sites (N-methyl/N-ethyl adjacent to an activating group) is 2. The van der Waals surface area contributed by atoms with Crippen molar-refractivity contribution in [3.05, 3.63) is 33.3 Å². The average Bonchev–Trinajstić information content (AvgIpc) is 3.29. The van der Waals surface area contributed by atoms with Crippen LogP contribution in [0.2, 0.25) is 0 Å². The van der Waals surface area contributed by atoms with Crippen LogP contribution in [0.25, 0.3) is 11.5 Å². The lowest BCUT2D eigenvalue weighted by atomic mass is 9.62. The van der Waals surface area contributed by atoms with Gasteiger partial charge in [0.25, 0.3) is 0 Å². The molecule has 2 atom stereocenters. The van der Waals surface area contributed by atoms with Crippen molar-refractivity contribution in [3.8, 4) is 23.5 Å². The molecule has 2 aliphatic heterocycles. The average molecular weight is 601 g/mol. The number of fused-ring (bicyclic) bond motifs is 4. The van der Waals surface area contributed by atoms with Crippen LogP contribution in [0.3, 0.4) is 0 Å². The number of aryl methyl sites for hydroxylation is 1. The van der Waals surface area contributed by atoms with Crippen LogP contribution in [0.1, 0.15) is 78.6 Å². The third-order valence-corrected chi connectivity index (χ3v) is 12.1. The van der Waals surface area contributed by atoms with Gasteiger partial charge in [0, 0.05) is 53.1 Å². The van der Waals surface area contributed by atoms with E-state index >= 15 is 0 Å². The number of hydrogen-bond donors (Lipinski definition) is 1. The van der Waals surface area contributed by atoms with Gasteiger partial charge in [-0.05, 0) is 90.4 Å². The number of hydrogen-bond acceptors (Lipinski definition) is 11. The van der Waals surface area contributed by atoms with Crippen molar-refractivity contribution in [2.24, 2.45) is 0 Å². The number of rotatable bonds is 5. The van der Waals surface area contributed by atoms with E-state index in [4.69, 9.17) is 30.1 Å². The van der Waals surface area contributed by atoms with Crippen LogP contribution in [0.5, 0.6) is 6.01 Å². The van der Waals surface area contributed by atoms with Gasteiger partial charge in [-0.2, -0.15) is 15.2 Å². The van der Waals surface area contributed by atoms with Crippen molar-refractivity contribution in [1.82, 2.24) is 24.9 Å². The van der Waals surface area contributed by atoms with Crippen molar-refractivity contribution < 1.29 is 9.26 Å². The number of anilines is 2. The summed E-state index contributed by atoms with van der Waals surface area (Å²) in [7, 11) is 4.41. The molecule has 2 saturated heterocycles. The molecule has 0 bridgehead atoms. The minimum atomic E-state index is -0.333. The number of nitrogens with zero attached hydrogens (tertiary/aromatic N) is 7. The van der Waals surface area contributed by atoms with E-state index in [1.54, 1.807) is 11.3 Å². The molecular weight excluding hydrogens is 560 g/mol. The van der Waals surface area contributed by atoms with Crippen molar-refractivity contribution >= 4 is 22.2 Å². The fraction of sp³-hybridized carbons (Fsp3) is 0.625. The van der Waals surface area contributed by atoms with Crippen LogP contribution in [0.15, 0.2) is 10.6 Å². The molecule has 0 aromatic carbocycles. The Labute approximate surface area is 256 Å². The second kappa shape index (κ2) is 10.2. The quantitative estimate of drug-likeness (QED) is 0.452. The summed E-state index contributed by atoms with van der Waals surface area (Å²) in [6.45, 7) is 4.55. The Kier molecular flexibility index (Phi) is 6.48. The minimum Gasteiger partial charge on any atom is -0.462 e. The third kappa shape index (κ3) is 4.36. The van der Waals surface area contributed by atoms with Crippen LogP contribution in [-0.2, 0) is 18.3 Å². The lowest BCUT2D eigenvalue weighted by Gasteiger charge is -2.40. The molecular formula is C32H40N8O2S. The Morgan fingerprint density at radius 2 is 1.95 bits per heavy atom. The molecule has 3 aromatic heterocycles. The van der Waals surface area contributed by atoms with Crippen LogP contribution in [0, 0.1) is 11.3 Å². The summed E-state index contributed by atoms with van der Waals surface area (Å²) in [6, 6.07) is 5.29. The topological polar surface area (TPSA) is 121 Å². The summed E-state index contributed by atoms with van der Waals surface area (Å²) in [6.07, 6.45) is 10.6. The van der Waals surface area contributed by atoms with Crippen LogP contribution in [-0.4, -0.2) is 83.4 Å². The lowest BCUT2D eigenvalue weighted by Crippen LogP contribution is -2.53. The molecule has 1 saturated carbocycles. The summed E-state index contributed by atoms with van der Waals surface area (Å²) >= 11 is 1.57. The highest BCUT2D eigenvalue weighted by Gasteiger charge is 2.50. The first-order valence-electron chi connectivity index (χ1n) is 15.9. The molecule has 2 spiro atoms. The molecule has 5 heterocycles. The van der Waals surface area contributed by atoms with E-state index < -0.39 is 0 Å². The smallest absolute Gasteiger partial charge is 0.319 e. The number of aromatic nitrogens is 3. The molecule has 5 aliphatic rings. The highest BCUT2D eigenvalue weighted by molar-refractivity contribution is 7.16. The van der Waals surface area contributed by atoms with Crippen LogP contribution >= 0.6 is 11.3 Å². The van der Waals surface area contributed by atoms with E-state index in [-0.39, 0.29) is 11.0 Å². The molecule has 0 amide bonds. The molecule has 3 fully saturated rings. The number of ether oxygens (including phenoxy) is 1. The lowest BCUT2D eigenvalue weighted by molar-refractivity contribution is 0.186. The van der Waals surface area contributed by atoms with Crippen molar-refractivity contribution in [2.45, 2.75) is 81.2 Å². The summed E-state index contributed by atoms with van der Waals surface area (Å²) in [4.78, 5) is 18.4. The van der Waals surface area contributed by atoms with E-state index in [2.05, 4.69) is 40.9 Å². The van der Waals surface area contributed by atoms with Gasteiger partial charge in [0.05, 0.1) is 11.3 Å². The predicted octanol–water partition coefficient (Wildman–Crippen LogP) is 4.36. The number of nitriles is 1. The van der Waals surface area contributed by atoms with Gasteiger partial charge < -0.3 is 24.8 Å². The predicted molar refractivity (Wildman–Crippen MR) is 166 cm³/mol. The van der Waals surface area contributed by atoms with Crippen molar-refractivity contribution in [3.63, 3.8) is 0 Å². The number of likely N-dealkylation sites (tertiary alicyclic amines) is 1. The zero-order chi connectivity index (χ0) is 29.3. The Balaban J connectivity index is 1.19. The van der Waals surface area contributed by atoms with Crippen LogP contribution < -0.4 is 15.4 Å². The molecule has 43 heavy (non-hydrogen) atoms. The molecule has 10 nitrogen and oxygen atoms in total. The van der Waals surface area contributed by atoms with Gasteiger partial charge in [-0.1, -0.05) is 5.16 Å². The molecule has 2 N–H and O–H groups in total. The van der Waals surface area contributed by atoms with Crippen molar-refractivity contribution in [2.75, 3.05) is 57.5 Å². The largest absolute Gasteiger partial charge is 0.462 e. The highest BCUT2D eigenvalue weighted by Crippen LogP contribution is 2.55. The number of piperazine rings is 1. The van der Waals surface area contributed by atoms with Gasteiger partial charge in [0.2, 0.25) is 0 Å². The Bertz CT molecular complexity index is 1600. The van der Waals surface area contributed by atoms with E-state index in [1.807, 2.05) is 0 Å². The van der Waals surface area contributed by atoms with Gasteiger partial charge in [-0.3, -0.25) is 4.90 Å². The maximum atomic E-state index is 10.1. The molecule has 0 radical (unpaired) electrons. The molecule has 0 unspecified atom stereocenters. The zero-order valence-corrected chi connectivity index (χ0v) is 26.0. The van der Waals surface area contributed by atoms with E-state index in [9.17, 15) is 5.26 Å². The van der Waals surface area contributed by atoms with Gasteiger partial charge in [0.1, 0.15) is 29.2 Å². The Morgan fingerprint density at radius 1 is 1.12 bits per heavy atom. The molecule has 11 heteroatoms. The van der Waals surface area contributed by atoms with Gasteiger partial charge in [-0.25, -0.2) is 0 Å². The maximum Gasteiger partial charge on any atom is 0.319 e. The first-order chi connectivity index (χ1) is 20.9.